The first-order valence-electron chi connectivity index (χ1n) is 15.4. The van der Waals surface area contributed by atoms with Crippen LogP contribution in [0.2, 0.25) is 0 Å². The van der Waals surface area contributed by atoms with Crippen molar-refractivity contribution in [3.05, 3.63) is 163 Å². The van der Waals surface area contributed by atoms with Gasteiger partial charge < -0.3 is 4.98 Å². The maximum atomic E-state index is 14.5. The van der Waals surface area contributed by atoms with E-state index >= 15 is 0 Å². The number of fused-ring (bicyclic) bond motifs is 1. The number of carbonyl (C=O) groups excluding carboxylic acids is 1. The van der Waals surface area contributed by atoms with Gasteiger partial charge in [-0.2, -0.15) is 5.10 Å². The van der Waals surface area contributed by atoms with Gasteiger partial charge in [-0.15, -0.1) is 0 Å². The minimum absolute atomic E-state index is 0.0742. The van der Waals surface area contributed by atoms with Crippen LogP contribution in [0.25, 0.3) is 22.0 Å². The van der Waals surface area contributed by atoms with Crippen LogP contribution < -0.4 is 10.3 Å². The van der Waals surface area contributed by atoms with Crippen LogP contribution in [-0.4, -0.2) is 30.0 Å². The Labute approximate surface area is 299 Å². The number of H-pyrrole nitrogens is 1. The van der Waals surface area contributed by atoms with E-state index in [4.69, 9.17) is 5.10 Å². The van der Waals surface area contributed by atoms with Crippen LogP contribution in [-0.2, 0) is 10.0 Å². The number of amides is 1. The molecule has 0 aliphatic carbocycles. The lowest BCUT2D eigenvalue weighted by Crippen LogP contribution is -2.28. The second kappa shape index (κ2) is 13.2. The van der Waals surface area contributed by atoms with Crippen LogP contribution in [0.5, 0.6) is 0 Å². The molecule has 2 N–H and O–H groups in total. The lowest BCUT2D eigenvalue weighted by Gasteiger charge is -2.23. The first-order chi connectivity index (χ1) is 23.6. The molecule has 0 saturated heterocycles. The highest BCUT2D eigenvalue weighted by atomic mass is 79.9. The average molecular weight is 797 g/mol. The number of aromatic nitrogens is 1. The number of aryl methyl sites for hydroxylation is 1. The van der Waals surface area contributed by atoms with Gasteiger partial charge in [0.2, 0.25) is 0 Å². The Hall–Kier alpha value is -4.84. The quantitative estimate of drug-likeness (QED) is 0.168. The molecule has 1 unspecified atom stereocenters. The third kappa shape index (κ3) is 6.49. The summed E-state index contributed by atoms with van der Waals surface area (Å²) in [5, 5.41) is 7.05. The summed E-state index contributed by atoms with van der Waals surface area (Å²) in [6.45, 7) is 1.87. The molecule has 1 aromatic heterocycles. The lowest BCUT2D eigenvalue weighted by atomic mass is 9.91. The van der Waals surface area contributed by atoms with Crippen molar-refractivity contribution in [3.63, 3.8) is 0 Å². The molecule has 0 saturated carbocycles. The zero-order chi connectivity index (χ0) is 34.3. The fraction of sp³-hybridized carbons (Fsp3) is 0.0789. The molecule has 11 heteroatoms. The van der Waals surface area contributed by atoms with Gasteiger partial charge in [0.1, 0.15) is 0 Å². The Morgan fingerprint density at radius 1 is 0.837 bits per heavy atom. The van der Waals surface area contributed by atoms with Crippen LogP contribution in [0, 0.1) is 6.92 Å². The summed E-state index contributed by atoms with van der Waals surface area (Å²) in [7, 11) is -4.01. The maximum Gasteiger partial charge on any atom is 0.276 e. The molecule has 1 amide bonds. The van der Waals surface area contributed by atoms with E-state index in [1.165, 1.54) is 17.1 Å². The number of halogens is 2. The zero-order valence-corrected chi connectivity index (χ0v) is 30.0. The summed E-state index contributed by atoms with van der Waals surface area (Å²) >= 11 is 7.08. The first kappa shape index (κ1) is 32.7. The van der Waals surface area contributed by atoms with E-state index in [1.54, 1.807) is 36.4 Å². The molecule has 0 fully saturated rings. The SMILES string of the molecule is Cc1ccc(S(=O)(=O)Nc2ccccc2C(=O)N2N=C(c3c(-c4ccccc4)c4cc(Br)ccc4[nH]c3=O)CC2c2ccc(Br)cc2)cc1. The van der Waals surface area contributed by atoms with Gasteiger partial charge >= 0.3 is 0 Å². The number of nitrogens with one attached hydrogen (secondary N) is 2. The summed E-state index contributed by atoms with van der Waals surface area (Å²) < 4.78 is 31.1. The second-order valence-corrected chi connectivity index (χ2v) is 15.2. The predicted molar refractivity (Wildman–Crippen MR) is 200 cm³/mol. The number of hydrogen-bond acceptors (Lipinski definition) is 5. The van der Waals surface area contributed by atoms with E-state index in [9.17, 15) is 18.0 Å². The number of anilines is 1. The molecule has 1 aliphatic rings. The number of aromatic amines is 1. The van der Waals surface area contributed by atoms with Gasteiger partial charge in [0.05, 0.1) is 33.5 Å². The van der Waals surface area contributed by atoms with Crippen LogP contribution in [0.1, 0.15) is 39.5 Å². The molecule has 1 atom stereocenters. The monoisotopic (exact) mass is 794 g/mol. The van der Waals surface area contributed by atoms with Gasteiger partial charge in [-0.3, -0.25) is 14.3 Å². The Bertz CT molecular complexity index is 2430. The molecule has 49 heavy (non-hydrogen) atoms. The van der Waals surface area contributed by atoms with Crippen molar-refractivity contribution >= 4 is 70.1 Å². The summed E-state index contributed by atoms with van der Waals surface area (Å²) in [6, 6.07) is 35.2. The summed E-state index contributed by atoms with van der Waals surface area (Å²) in [5.41, 5.74) is 4.62. The number of hydrazone groups is 1. The van der Waals surface area contributed by atoms with Crippen LogP contribution in [0.15, 0.2) is 145 Å². The van der Waals surface area contributed by atoms with Crippen LogP contribution >= 0.6 is 31.9 Å². The molecule has 0 spiro atoms. The van der Waals surface area contributed by atoms with E-state index in [0.29, 0.717) is 22.4 Å². The normalized spacial score (nSPS) is 14.6. The summed E-state index contributed by atoms with van der Waals surface area (Å²) in [5.74, 6) is -0.522. The van der Waals surface area contributed by atoms with E-state index in [1.807, 2.05) is 79.7 Å². The van der Waals surface area contributed by atoms with E-state index < -0.39 is 22.0 Å². The topological polar surface area (TPSA) is 112 Å². The molecule has 8 nitrogen and oxygen atoms in total. The third-order valence-corrected chi connectivity index (χ3v) is 10.8. The van der Waals surface area contributed by atoms with Crippen molar-refractivity contribution in [2.75, 3.05) is 4.72 Å². The van der Waals surface area contributed by atoms with Gasteiger partial charge in [-0.1, -0.05) is 104 Å². The molecule has 7 rings (SSSR count). The van der Waals surface area contributed by atoms with Crippen LogP contribution in [0.3, 0.4) is 0 Å². The fourth-order valence-electron chi connectivity index (χ4n) is 6.04. The Balaban J connectivity index is 1.37. The highest BCUT2D eigenvalue weighted by molar-refractivity contribution is 9.10. The number of nitrogens with zero attached hydrogens (tertiary/aromatic N) is 2. The predicted octanol–water partition coefficient (Wildman–Crippen LogP) is 8.82. The van der Waals surface area contributed by atoms with Crippen molar-refractivity contribution in [1.29, 1.82) is 0 Å². The Morgan fingerprint density at radius 2 is 1.51 bits per heavy atom. The van der Waals surface area contributed by atoms with E-state index in [0.717, 1.165) is 31.0 Å². The first-order valence-corrected chi connectivity index (χ1v) is 18.4. The van der Waals surface area contributed by atoms with Gasteiger partial charge in [0, 0.05) is 31.8 Å². The van der Waals surface area contributed by atoms with E-state index in [2.05, 4.69) is 41.6 Å². The molecular weight excluding hydrogens is 768 g/mol. The smallest absolute Gasteiger partial charge is 0.276 e. The Kier molecular flexibility index (Phi) is 8.82. The second-order valence-electron chi connectivity index (χ2n) is 11.7. The number of para-hydroxylation sites is 1. The number of carbonyl (C=O) groups is 1. The van der Waals surface area contributed by atoms with Gasteiger partial charge in [0.15, 0.2) is 0 Å². The minimum Gasteiger partial charge on any atom is -0.321 e. The highest BCUT2D eigenvalue weighted by Crippen LogP contribution is 2.39. The minimum atomic E-state index is -4.01. The zero-order valence-electron chi connectivity index (χ0n) is 26.0. The van der Waals surface area contributed by atoms with Crippen LogP contribution in [0.4, 0.5) is 5.69 Å². The van der Waals surface area contributed by atoms with Crippen molar-refractivity contribution < 1.29 is 13.2 Å². The molecule has 2 heterocycles. The van der Waals surface area contributed by atoms with E-state index in [-0.39, 0.29) is 28.1 Å². The number of pyridine rings is 1. The molecule has 0 bridgehead atoms. The standard InChI is InChI=1S/C38H28Br2N4O4S/c1-23-11-18-28(19-12-23)49(47,48)43-32-10-6-5-9-29(32)38(46)44-34(24-13-15-26(39)16-14-24)22-33(42-44)36-35(25-7-3-2-4-8-25)30-21-27(40)17-20-31(30)41-37(36)45/h2-21,34,43H,22H2,1H3,(H,41,45). The molecule has 6 aromatic rings. The van der Waals surface area contributed by atoms with Gasteiger partial charge in [-0.05, 0) is 72.6 Å². The van der Waals surface area contributed by atoms with Crippen molar-refractivity contribution in [3.8, 4) is 11.1 Å². The number of hydrogen-bond donors (Lipinski definition) is 2. The molecule has 0 radical (unpaired) electrons. The molecule has 244 valence electrons. The summed E-state index contributed by atoms with van der Waals surface area (Å²) in [6.07, 6.45) is 0.243. The molecule has 1 aliphatic heterocycles. The highest BCUT2D eigenvalue weighted by Gasteiger charge is 2.37. The van der Waals surface area contributed by atoms with Gasteiger partial charge in [-0.25, -0.2) is 13.4 Å². The molecule has 5 aromatic carbocycles. The van der Waals surface area contributed by atoms with Crippen molar-refractivity contribution in [2.24, 2.45) is 5.10 Å². The van der Waals surface area contributed by atoms with Gasteiger partial charge in [0.25, 0.3) is 21.5 Å². The lowest BCUT2D eigenvalue weighted by molar-refractivity contribution is 0.0712. The maximum absolute atomic E-state index is 14.5. The number of sulfonamides is 1. The van der Waals surface area contributed by atoms with Crippen molar-refractivity contribution in [1.82, 2.24) is 9.99 Å². The third-order valence-electron chi connectivity index (χ3n) is 8.43. The number of benzene rings is 5. The fourth-order valence-corrected chi connectivity index (χ4v) is 7.75. The van der Waals surface area contributed by atoms with Crippen molar-refractivity contribution in [2.45, 2.75) is 24.3 Å². The average Bonchev–Trinajstić information content (AvgIpc) is 3.53. The molecular formula is C38H28Br2N4O4S. The largest absolute Gasteiger partial charge is 0.321 e. The number of rotatable bonds is 7. The Morgan fingerprint density at radius 3 is 2.24 bits per heavy atom. The summed E-state index contributed by atoms with van der Waals surface area (Å²) in [4.78, 5) is 31.6.